The molecular formula is C14H20BN3O2. The molecule has 1 saturated heterocycles. The Morgan fingerprint density at radius 3 is 2.25 bits per heavy atom. The van der Waals surface area contributed by atoms with E-state index in [0.717, 1.165) is 22.2 Å². The first-order valence-electron chi connectivity index (χ1n) is 6.88. The van der Waals surface area contributed by atoms with Gasteiger partial charge < -0.3 is 9.31 Å². The molecule has 1 aliphatic heterocycles. The van der Waals surface area contributed by atoms with Crippen LogP contribution >= 0.6 is 0 Å². The molecule has 106 valence electrons. The maximum Gasteiger partial charge on any atom is 0.496 e. The summed E-state index contributed by atoms with van der Waals surface area (Å²) < 4.78 is 14.0. The number of aromatic nitrogens is 3. The monoisotopic (exact) mass is 273 g/mol. The van der Waals surface area contributed by atoms with Crippen molar-refractivity contribution < 1.29 is 9.31 Å². The highest BCUT2D eigenvalue weighted by molar-refractivity contribution is 6.62. The zero-order valence-corrected chi connectivity index (χ0v) is 12.9. The lowest BCUT2D eigenvalue weighted by molar-refractivity contribution is 0.00578. The molecule has 20 heavy (non-hydrogen) atoms. The van der Waals surface area contributed by atoms with Crippen LogP contribution in [0.3, 0.4) is 0 Å². The molecule has 0 radical (unpaired) electrons. The van der Waals surface area contributed by atoms with E-state index in [-0.39, 0.29) is 18.3 Å². The Kier molecular flexibility index (Phi) is 2.75. The number of fused-ring (bicyclic) bond motifs is 1. The number of rotatable bonds is 1. The van der Waals surface area contributed by atoms with Crippen LogP contribution < -0.4 is 5.46 Å². The molecular weight excluding hydrogens is 253 g/mol. The van der Waals surface area contributed by atoms with Gasteiger partial charge in [-0.15, -0.1) is 0 Å². The predicted octanol–water partition coefficient (Wildman–Crippen LogP) is 1.65. The van der Waals surface area contributed by atoms with E-state index in [0.29, 0.717) is 0 Å². The molecule has 2 aromatic heterocycles. The summed E-state index contributed by atoms with van der Waals surface area (Å²) in [6, 6.07) is 0. The molecule has 0 spiro atoms. The average molecular weight is 273 g/mol. The molecule has 0 atom stereocenters. The highest BCUT2D eigenvalue weighted by atomic mass is 16.7. The first-order chi connectivity index (χ1) is 9.23. The van der Waals surface area contributed by atoms with Crippen LogP contribution in [-0.2, 0) is 9.31 Å². The van der Waals surface area contributed by atoms with Crippen LogP contribution in [0, 0.1) is 13.8 Å². The maximum absolute atomic E-state index is 6.13. The van der Waals surface area contributed by atoms with Gasteiger partial charge in [0, 0.05) is 11.7 Å². The smallest absolute Gasteiger partial charge is 0.399 e. The van der Waals surface area contributed by atoms with Crippen molar-refractivity contribution in [2.24, 2.45) is 0 Å². The van der Waals surface area contributed by atoms with Gasteiger partial charge in [-0.3, -0.25) is 0 Å². The number of aryl methyl sites for hydroxylation is 1. The normalized spacial score (nSPS) is 20.8. The van der Waals surface area contributed by atoms with Crippen molar-refractivity contribution in [1.82, 2.24) is 14.6 Å². The third-order valence-corrected chi connectivity index (χ3v) is 4.67. The number of pyridine rings is 1. The molecule has 0 bridgehead atoms. The summed E-state index contributed by atoms with van der Waals surface area (Å²) in [5, 5.41) is 4.22. The Bertz CT molecular complexity index is 662. The standard InChI is InChI=1S/C14H20BN3O2/c1-9-10(2)12-16-8-17-18(12)7-11(9)15-19-13(3,4)14(5,6)20-15/h7-8H,1-6H3. The zero-order chi connectivity index (χ0) is 14.7. The quantitative estimate of drug-likeness (QED) is 0.741. The topological polar surface area (TPSA) is 48.7 Å². The van der Waals surface area contributed by atoms with E-state index in [1.54, 1.807) is 10.8 Å². The lowest BCUT2D eigenvalue weighted by Crippen LogP contribution is -2.41. The van der Waals surface area contributed by atoms with Gasteiger partial charge in [-0.25, -0.2) is 9.50 Å². The Balaban J connectivity index is 2.10. The van der Waals surface area contributed by atoms with Gasteiger partial charge >= 0.3 is 7.12 Å². The number of nitrogens with zero attached hydrogens (tertiary/aromatic N) is 3. The molecule has 0 aliphatic carbocycles. The first kappa shape index (κ1) is 13.6. The Morgan fingerprint density at radius 1 is 1.05 bits per heavy atom. The van der Waals surface area contributed by atoms with E-state index in [1.165, 1.54) is 0 Å². The third-order valence-electron chi connectivity index (χ3n) is 4.67. The van der Waals surface area contributed by atoms with Gasteiger partial charge in [-0.2, -0.15) is 5.10 Å². The van der Waals surface area contributed by atoms with Crippen LogP contribution in [0.4, 0.5) is 0 Å². The minimum atomic E-state index is -0.368. The van der Waals surface area contributed by atoms with Gasteiger partial charge in [0.2, 0.25) is 0 Å². The molecule has 0 aromatic carbocycles. The minimum absolute atomic E-state index is 0.338. The molecule has 0 N–H and O–H groups in total. The summed E-state index contributed by atoms with van der Waals surface area (Å²) >= 11 is 0. The van der Waals surface area contributed by atoms with Crippen molar-refractivity contribution in [2.75, 3.05) is 0 Å². The fourth-order valence-electron chi connectivity index (χ4n) is 2.43. The molecule has 1 fully saturated rings. The van der Waals surface area contributed by atoms with Crippen LogP contribution in [0.2, 0.25) is 0 Å². The summed E-state index contributed by atoms with van der Waals surface area (Å²) in [6.45, 7) is 12.4. The van der Waals surface area contributed by atoms with Gasteiger partial charge in [0.1, 0.15) is 6.33 Å². The minimum Gasteiger partial charge on any atom is -0.399 e. The molecule has 6 heteroatoms. The van der Waals surface area contributed by atoms with E-state index in [4.69, 9.17) is 9.31 Å². The Morgan fingerprint density at radius 2 is 1.65 bits per heavy atom. The summed E-state index contributed by atoms with van der Waals surface area (Å²) in [7, 11) is -0.368. The highest BCUT2D eigenvalue weighted by Gasteiger charge is 2.52. The van der Waals surface area contributed by atoms with Gasteiger partial charge in [0.05, 0.1) is 11.2 Å². The summed E-state index contributed by atoms with van der Waals surface area (Å²) in [4.78, 5) is 4.27. The third kappa shape index (κ3) is 1.78. The fraction of sp³-hybridized carbons (Fsp3) is 0.571. The van der Waals surface area contributed by atoms with E-state index >= 15 is 0 Å². The van der Waals surface area contributed by atoms with Crippen molar-refractivity contribution in [3.63, 3.8) is 0 Å². The second kappa shape index (κ2) is 4.05. The first-order valence-corrected chi connectivity index (χ1v) is 6.88. The summed E-state index contributed by atoms with van der Waals surface area (Å²) in [5.74, 6) is 0. The molecule has 0 amide bonds. The van der Waals surface area contributed by atoms with Crippen LogP contribution in [0.25, 0.3) is 5.65 Å². The van der Waals surface area contributed by atoms with Crippen LogP contribution in [0.5, 0.6) is 0 Å². The van der Waals surface area contributed by atoms with E-state index in [9.17, 15) is 0 Å². The molecule has 3 rings (SSSR count). The predicted molar refractivity (Wildman–Crippen MR) is 78.2 cm³/mol. The number of hydrogen-bond donors (Lipinski definition) is 0. The molecule has 1 aliphatic rings. The largest absolute Gasteiger partial charge is 0.496 e. The van der Waals surface area contributed by atoms with Gasteiger partial charge in [-0.05, 0) is 52.7 Å². The SMILES string of the molecule is Cc1c(B2OC(C)(C)C(C)(C)O2)cn2ncnc2c1C. The average Bonchev–Trinajstić information content (AvgIpc) is 2.87. The van der Waals surface area contributed by atoms with Crippen LogP contribution in [-0.4, -0.2) is 32.9 Å². The summed E-state index contributed by atoms with van der Waals surface area (Å²) in [6.07, 6.45) is 3.52. The fourth-order valence-corrected chi connectivity index (χ4v) is 2.43. The van der Waals surface area contributed by atoms with Crippen molar-refractivity contribution >= 4 is 18.2 Å². The lowest BCUT2D eigenvalue weighted by Gasteiger charge is -2.32. The number of hydrogen-bond acceptors (Lipinski definition) is 4. The molecule has 0 saturated carbocycles. The van der Waals surface area contributed by atoms with E-state index in [2.05, 4.69) is 44.7 Å². The van der Waals surface area contributed by atoms with Gasteiger partial charge in [0.15, 0.2) is 5.65 Å². The lowest BCUT2D eigenvalue weighted by atomic mass is 9.76. The van der Waals surface area contributed by atoms with Gasteiger partial charge in [-0.1, -0.05) is 0 Å². The molecule has 5 nitrogen and oxygen atoms in total. The molecule has 2 aromatic rings. The van der Waals surface area contributed by atoms with Crippen molar-refractivity contribution in [3.05, 3.63) is 23.7 Å². The molecule has 0 unspecified atom stereocenters. The van der Waals surface area contributed by atoms with Crippen LogP contribution in [0.1, 0.15) is 38.8 Å². The second-order valence-electron chi connectivity index (χ2n) is 6.45. The van der Waals surface area contributed by atoms with Crippen molar-refractivity contribution in [2.45, 2.75) is 52.7 Å². The second-order valence-corrected chi connectivity index (χ2v) is 6.45. The van der Waals surface area contributed by atoms with E-state index in [1.807, 2.05) is 13.1 Å². The maximum atomic E-state index is 6.13. The van der Waals surface area contributed by atoms with Crippen LogP contribution in [0.15, 0.2) is 12.5 Å². The Hall–Kier alpha value is -1.40. The summed E-state index contributed by atoms with van der Waals surface area (Å²) in [5.41, 5.74) is 3.46. The van der Waals surface area contributed by atoms with E-state index < -0.39 is 0 Å². The van der Waals surface area contributed by atoms with Crippen molar-refractivity contribution in [3.8, 4) is 0 Å². The highest BCUT2D eigenvalue weighted by Crippen LogP contribution is 2.36. The van der Waals surface area contributed by atoms with Gasteiger partial charge in [0.25, 0.3) is 0 Å². The zero-order valence-electron chi connectivity index (χ0n) is 12.9. The Labute approximate surface area is 119 Å². The van der Waals surface area contributed by atoms with Crippen molar-refractivity contribution in [1.29, 1.82) is 0 Å². The molecule has 3 heterocycles.